The topological polar surface area (TPSA) is 43.4 Å². The van der Waals surface area contributed by atoms with Crippen LogP contribution in [0, 0.1) is 18.8 Å². The van der Waals surface area contributed by atoms with Crippen LogP contribution in [0.25, 0.3) is 0 Å². The molecule has 98 valence electrons. The van der Waals surface area contributed by atoms with Crippen LogP contribution in [0.1, 0.15) is 5.56 Å². The molecule has 1 atom stereocenters. The molecule has 1 aromatic rings. The van der Waals surface area contributed by atoms with E-state index in [2.05, 4.69) is 11.8 Å². The van der Waals surface area contributed by atoms with Crippen molar-refractivity contribution in [3.05, 3.63) is 29.8 Å². The number of sulfone groups is 1. The molecule has 1 aromatic carbocycles. The Labute approximate surface area is 113 Å². The maximum absolute atomic E-state index is 12.0. The van der Waals surface area contributed by atoms with Crippen LogP contribution in [0.3, 0.4) is 0 Å². The van der Waals surface area contributed by atoms with E-state index in [1.54, 1.807) is 24.3 Å². The Balaban J connectivity index is 2.77. The molecular formula is C13H15ClO3S. The molecule has 5 heteroatoms. The van der Waals surface area contributed by atoms with E-state index >= 15 is 0 Å². The van der Waals surface area contributed by atoms with Gasteiger partial charge >= 0.3 is 0 Å². The van der Waals surface area contributed by atoms with Crippen molar-refractivity contribution in [3.63, 3.8) is 0 Å². The molecule has 0 saturated heterocycles. The molecule has 0 fully saturated rings. The molecule has 0 spiro atoms. The van der Waals surface area contributed by atoms with E-state index < -0.39 is 15.2 Å². The van der Waals surface area contributed by atoms with Crippen LogP contribution in [0.4, 0.5) is 0 Å². The van der Waals surface area contributed by atoms with Gasteiger partial charge in [-0.05, 0) is 19.1 Å². The largest absolute Gasteiger partial charge is 0.372 e. The molecule has 18 heavy (non-hydrogen) atoms. The maximum atomic E-state index is 12.0. The zero-order chi connectivity index (χ0) is 13.6. The summed E-state index contributed by atoms with van der Waals surface area (Å²) in [5.41, 5.74) is 1.01. The lowest BCUT2D eigenvalue weighted by molar-refractivity contribution is 0.239. The molecule has 3 nitrogen and oxygen atoms in total. The predicted octanol–water partition coefficient (Wildman–Crippen LogP) is 2.03. The molecule has 0 saturated carbocycles. The quantitative estimate of drug-likeness (QED) is 0.628. The zero-order valence-electron chi connectivity index (χ0n) is 10.3. The summed E-state index contributed by atoms with van der Waals surface area (Å²) in [7, 11) is -1.87. The van der Waals surface area contributed by atoms with Gasteiger partial charge in [-0.15, -0.1) is 11.6 Å². The summed E-state index contributed by atoms with van der Waals surface area (Å²) in [4.78, 5) is 0.271. The third-order valence-electron chi connectivity index (χ3n) is 2.22. The standard InChI is InChI=1S/C13H15ClO3S/c1-11-5-7-13(8-6-11)18(15,16)10-12(14)4-3-9-17-2/h5-8,12H,9-10H2,1-2H3. The molecule has 0 heterocycles. The van der Waals surface area contributed by atoms with Crippen molar-refractivity contribution < 1.29 is 13.2 Å². The van der Waals surface area contributed by atoms with Gasteiger partial charge in [0.05, 0.1) is 10.6 Å². The highest BCUT2D eigenvalue weighted by Gasteiger charge is 2.18. The number of methoxy groups -OCH3 is 1. The number of alkyl halides is 1. The minimum Gasteiger partial charge on any atom is -0.372 e. The minimum atomic E-state index is -3.39. The van der Waals surface area contributed by atoms with Gasteiger partial charge in [0.2, 0.25) is 0 Å². The molecule has 0 amide bonds. The van der Waals surface area contributed by atoms with Crippen LogP contribution < -0.4 is 0 Å². The van der Waals surface area contributed by atoms with Gasteiger partial charge in [0.15, 0.2) is 9.84 Å². The summed E-state index contributed by atoms with van der Waals surface area (Å²) >= 11 is 5.87. The van der Waals surface area contributed by atoms with Crippen molar-refractivity contribution in [2.45, 2.75) is 17.2 Å². The number of hydrogen-bond donors (Lipinski definition) is 0. The van der Waals surface area contributed by atoms with Crippen molar-refractivity contribution in [1.82, 2.24) is 0 Å². The first kappa shape index (κ1) is 15.0. The van der Waals surface area contributed by atoms with Crippen LogP contribution in [-0.4, -0.2) is 33.3 Å². The number of hydrogen-bond acceptors (Lipinski definition) is 3. The lowest BCUT2D eigenvalue weighted by atomic mass is 10.2. The molecule has 0 aliphatic carbocycles. The highest BCUT2D eigenvalue weighted by molar-refractivity contribution is 7.91. The van der Waals surface area contributed by atoms with Gasteiger partial charge in [-0.1, -0.05) is 29.5 Å². The Hall–Kier alpha value is -1.02. The molecule has 1 rings (SSSR count). The number of benzene rings is 1. The lowest BCUT2D eigenvalue weighted by Crippen LogP contribution is -2.15. The Morgan fingerprint density at radius 1 is 1.33 bits per heavy atom. The van der Waals surface area contributed by atoms with Crippen molar-refractivity contribution in [2.75, 3.05) is 19.5 Å². The molecule has 0 N–H and O–H groups in total. The van der Waals surface area contributed by atoms with E-state index in [-0.39, 0.29) is 17.3 Å². The van der Waals surface area contributed by atoms with Gasteiger partial charge in [-0.2, -0.15) is 0 Å². The fourth-order valence-corrected chi connectivity index (χ4v) is 3.09. The van der Waals surface area contributed by atoms with Crippen molar-refractivity contribution >= 4 is 21.4 Å². The second-order valence-corrected chi connectivity index (χ2v) is 6.38. The predicted molar refractivity (Wildman–Crippen MR) is 72.5 cm³/mol. The van der Waals surface area contributed by atoms with E-state index in [4.69, 9.17) is 16.3 Å². The third kappa shape index (κ3) is 4.69. The van der Waals surface area contributed by atoms with Crippen molar-refractivity contribution in [1.29, 1.82) is 0 Å². The van der Waals surface area contributed by atoms with Crippen LogP contribution in [0.5, 0.6) is 0 Å². The maximum Gasteiger partial charge on any atom is 0.180 e. The van der Waals surface area contributed by atoms with Gasteiger partial charge in [0, 0.05) is 7.11 Å². The summed E-state index contributed by atoms with van der Waals surface area (Å²) in [6.07, 6.45) is 0. The van der Waals surface area contributed by atoms with Gasteiger partial charge in [0.1, 0.15) is 12.0 Å². The fraction of sp³-hybridized carbons (Fsp3) is 0.385. The van der Waals surface area contributed by atoms with Gasteiger partial charge < -0.3 is 4.74 Å². The first-order chi connectivity index (χ1) is 8.45. The normalized spacial score (nSPS) is 12.6. The molecule has 1 unspecified atom stereocenters. The molecular weight excluding hydrogens is 272 g/mol. The second-order valence-electron chi connectivity index (χ2n) is 3.82. The number of halogens is 1. The fourth-order valence-electron chi connectivity index (χ4n) is 1.30. The number of ether oxygens (including phenoxy) is 1. The zero-order valence-corrected chi connectivity index (χ0v) is 11.9. The molecule has 0 aliphatic rings. The summed E-state index contributed by atoms with van der Waals surface area (Å²) in [6.45, 7) is 2.14. The first-order valence-corrected chi connectivity index (χ1v) is 7.45. The molecule has 0 aromatic heterocycles. The van der Waals surface area contributed by atoms with Crippen LogP contribution in [0.15, 0.2) is 29.2 Å². The van der Waals surface area contributed by atoms with E-state index in [1.807, 2.05) is 6.92 Å². The Bertz CT molecular complexity index is 538. The highest BCUT2D eigenvalue weighted by atomic mass is 35.5. The highest BCUT2D eigenvalue weighted by Crippen LogP contribution is 2.14. The van der Waals surface area contributed by atoms with Gasteiger partial charge in [0.25, 0.3) is 0 Å². The Morgan fingerprint density at radius 2 is 1.94 bits per heavy atom. The van der Waals surface area contributed by atoms with E-state index in [1.165, 1.54) is 7.11 Å². The van der Waals surface area contributed by atoms with Crippen LogP contribution in [0.2, 0.25) is 0 Å². The number of rotatable bonds is 4. The summed E-state index contributed by atoms with van der Waals surface area (Å²) in [5, 5.41) is -0.730. The van der Waals surface area contributed by atoms with Crippen molar-refractivity contribution in [3.8, 4) is 11.8 Å². The molecule has 0 radical (unpaired) electrons. The minimum absolute atomic E-state index is 0.200. The van der Waals surface area contributed by atoms with E-state index in [9.17, 15) is 8.42 Å². The van der Waals surface area contributed by atoms with Gasteiger partial charge in [-0.25, -0.2) is 8.42 Å². The Morgan fingerprint density at radius 3 is 2.50 bits per heavy atom. The smallest absolute Gasteiger partial charge is 0.180 e. The van der Waals surface area contributed by atoms with E-state index in [0.717, 1.165) is 5.56 Å². The van der Waals surface area contributed by atoms with Crippen LogP contribution in [-0.2, 0) is 14.6 Å². The SMILES string of the molecule is COCC#CC(Cl)CS(=O)(=O)c1ccc(C)cc1. The first-order valence-electron chi connectivity index (χ1n) is 5.36. The monoisotopic (exact) mass is 286 g/mol. The van der Waals surface area contributed by atoms with Gasteiger partial charge in [-0.3, -0.25) is 0 Å². The second kappa shape index (κ2) is 6.79. The summed E-state index contributed by atoms with van der Waals surface area (Å²) in [6, 6.07) is 6.67. The average molecular weight is 287 g/mol. The van der Waals surface area contributed by atoms with Crippen LogP contribution >= 0.6 is 11.6 Å². The Kier molecular flexibility index (Phi) is 5.67. The molecule has 0 aliphatic heterocycles. The van der Waals surface area contributed by atoms with Crippen molar-refractivity contribution in [2.24, 2.45) is 0 Å². The lowest BCUT2D eigenvalue weighted by Gasteiger charge is -2.05. The molecule has 0 bridgehead atoms. The summed E-state index contributed by atoms with van der Waals surface area (Å²) < 4.78 is 28.7. The summed E-state index contributed by atoms with van der Waals surface area (Å²) in [5.74, 6) is 5.08. The third-order valence-corrected chi connectivity index (χ3v) is 4.43. The average Bonchev–Trinajstić information content (AvgIpc) is 2.29. The number of aryl methyl sites for hydroxylation is 1. The van der Waals surface area contributed by atoms with E-state index in [0.29, 0.717) is 0 Å².